The summed E-state index contributed by atoms with van der Waals surface area (Å²) in [5.41, 5.74) is 3.49. The largest absolute Gasteiger partial charge is 0.479 e. The van der Waals surface area contributed by atoms with Crippen LogP contribution in [0, 0.1) is 0 Å². The van der Waals surface area contributed by atoms with E-state index >= 15 is 0 Å². The number of benzene rings is 4. The molecule has 1 atom stereocenters. The fraction of sp³-hybridized carbons (Fsp3) is 0.0833. The minimum atomic E-state index is -0.787. The van der Waals surface area contributed by atoms with Crippen molar-refractivity contribution in [2.45, 2.75) is 13.0 Å². The lowest BCUT2D eigenvalue weighted by Gasteiger charge is -2.14. The van der Waals surface area contributed by atoms with Crippen molar-refractivity contribution in [3.05, 3.63) is 88.4 Å². The number of rotatable bonds is 5. The van der Waals surface area contributed by atoms with Gasteiger partial charge in [-0.1, -0.05) is 71.7 Å². The van der Waals surface area contributed by atoms with E-state index < -0.39 is 6.10 Å². The first-order valence-corrected chi connectivity index (χ1v) is 10.1. The SMILES string of the molecule is C[C@H](Oc1ccc(Cl)cc1Cl)C(=O)N/N=C\c1c2ccccc2cc2ccccc12. The minimum Gasteiger partial charge on any atom is -0.479 e. The lowest BCUT2D eigenvalue weighted by Crippen LogP contribution is -2.33. The van der Waals surface area contributed by atoms with Crippen LogP contribution in [-0.4, -0.2) is 18.2 Å². The van der Waals surface area contributed by atoms with E-state index in [0.29, 0.717) is 15.8 Å². The minimum absolute atomic E-state index is 0.341. The highest BCUT2D eigenvalue weighted by atomic mass is 35.5. The molecule has 4 nitrogen and oxygen atoms in total. The Morgan fingerprint density at radius 3 is 2.23 bits per heavy atom. The molecule has 1 N–H and O–H groups in total. The predicted molar refractivity (Wildman–Crippen MR) is 124 cm³/mol. The standard InChI is InChI=1S/C24H18Cl2N2O2/c1-15(30-23-11-10-18(25)13-22(23)26)24(29)28-27-14-21-19-8-4-2-6-16(19)12-17-7-3-5-9-20(17)21/h2-15H,1H3,(H,28,29)/b27-14-/t15-/m0/s1. The van der Waals surface area contributed by atoms with E-state index in [4.69, 9.17) is 27.9 Å². The molecule has 0 aliphatic heterocycles. The number of nitrogens with one attached hydrogen (secondary N) is 1. The first-order valence-electron chi connectivity index (χ1n) is 9.38. The van der Waals surface area contributed by atoms with Crippen molar-refractivity contribution in [2.75, 3.05) is 0 Å². The van der Waals surface area contributed by atoms with Gasteiger partial charge in [-0.2, -0.15) is 5.10 Å². The van der Waals surface area contributed by atoms with Gasteiger partial charge in [0.15, 0.2) is 6.10 Å². The number of hydrogen-bond acceptors (Lipinski definition) is 3. The van der Waals surface area contributed by atoms with Crippen LogP contribution in [0.5, 0.6) is 5.75 Å². The van der Waals surface area contributed by atoms with Crippen LogP contribution in [0.15, 0.2) is 77.9 Å². The number of amides is 1. The summed E-state index contributed by atoms with van der Waals surface area (Å²) >= 11 is 12.0. The molecule has 150 valence electrons. The number of fused-ring (bicyclic) bond motifs is 2. The second-order valence-corrected chi connectivity index (χ2v) is 7.65. The van der Waals surface area contributed by atoms with Gasteiger partial charge in [-0.05, 0) is 52.7 Å². The van der Waals surface area contributed by atoms with Crippen molar-refractivity contribution in [1.82, 2.24) is 5.43 Å². The number of halogens is 2. The van der Waals surface area contributed by atoms with Crippen molar-refractivity contribution in [1.29, 1.82) is 0 Å². The third kappa shape index (κ3) is 4.25. The highest BCUT2D eigenvalue weighted by molar-refractivity contribution is 6.35. The topological polar surface area (TPSA) is 50.7 Å². The average Bonchev–Trinajstić information content (AvgIpc) is 2.75. The van der Waals surface area contributed by atoms with Crippen LogP contribution in [0.1, 0.15) is 12.5 Å². The van der Waals surface area contributed by atoms with Crippen molar-refractivity contribution in [3.63, 3.8) is 0 Å². The van der Waals surface area contributed by atoms with Crippen LogP contribution in [0.25, 0.3) is 21.5 Å². The number of hydrazone groups is 1. The van der Waals surface area contributed by atoms with E-state index in [0.717, 1.165) is 27.1 Å². The van der Waals surface area contributed by atoms with Crippen LogP contribution in [-0.2, 0) is 4.79 Å². The molecule has 0 heterocycles. The number of hydrogen-bond donors (Lipinski definition) is 1. The van der Waals surface area contributed by atoms with Gasteiger partial charge in [-0.15, -0.1) is 0 Å². The molecule has 30 heavy (non-hydrogen) atoms. The van der Waals surface area contributed by atoms with Crippen LogP contribution in [0.3, 0.4) is 0 Å². The quantitative estimate of drug-likeness (QED) is 0.229. The van der Waals surface area contributed by atoms with Crippen molar-refractivity contribution in [2.24, 2.45) is 5.10 Å². The van der Waals surface area contributed by atoms with Gasteiger partial charge < -0.3 is 4.74 Å². The summed E-state index contributed by atoms with van der Waals surface area (Å²) in [6.45, 7) is 1.63. The van der Waals surface area contributed by atoms with E-state index in [1.165, 1.54) is 0 Å². The molecule has 4 aromatic carbocycles. The van der Waals surface area contributed by atoms with Crippen LogP contribution >= 0.6 is 23.2 Å². The van der Waals surface area contributed by atoms with Gasteiger partial charge in [-0.3, -0.25) is 4.79 Å². The Balaban J connectivity index is 1.55. The Bertz CT molecular complexity index is 1220. The first-order chi connectivity index (χ1) is 14.5. The fourth-order valence-electron chi connectivity index (χ4n) is 3.25. The molecule has 0 radical (unpaired) electrons. The van der Waals surface area contributed by atoms with Gasteiger partial charge in [0, 0.05) is 10.6 Å². The van der Waals surface area contributed by atoms with Crippen LogP contribution in [0.2, 0.25) is 10.0 Å². The zero-order valence-corrected chi connectivity index (χ0v) is 17.6. The summed E-state index contributed by atoms with van der Waals surface area (Å²) in [5, 5.41) is 9.36. The van der Waals surface area contributed by atoms with Gasteiger partial charge in [0.05, 0.1) is 11.2 Å². The third-order valence-electron chi connectivity index (χ3n) is 4.75. The molecule has 0 saturated heterocycles. The molecule has 0 unspecified atom stereocenters. The summed E-state index contributed by atoms with van der Waals surface area (Å²) in [6, 6.07) is 23.2. The smallest absolute Gasteiger partial charge is 0.280 e. The Kier molecular flexibility index (Phi) is 5.88. The monoisotopic (exact) mass is 436 g/mol. The Hall–Kier alpha value is -3.08. The molecule has 0 aromatic heterocycles. The Morgan fingerprint density at radius 2 is 1.60 bits per heavy atom. The Labute approximate surface area is 184 Å². The molecular formula is C24H18Cl2N2O2. The molecule has 6 heteroatoms. The molecule has 4 rings (SSSR count). The first kappa shape index (κ1) is 20.2. The van der Waals surface area contributed by atoms with Gasteiger partial charge in [-0.25, -0.2) is 5.43 Å². The zero-order chi connectivity index (χ0) is 21.1. The summed E-state index contributed by atoms with van der Waals surface area (Å²) in [6.07, 6.45) is 0.884. The number of carbonyl (C=O) groups is 1. The van der Waals surface area contributed by atoms with Crippen molar-refractivity contribution < 1.29 is 9.53 Å². The molecule has 0 fully saturated rings. The number of carbonyl (C=O) groups excluding carboxylic acids is 1. The van der Waals surface area contributed by atoms with Gasteiger partial charge in [0.1, 0.15) is 5.75 Å². The lowest BCUT2D eigenvalue weighted by atomic mass is 9.97. The highest BCUT2D eigenvalue weighted by Crippen LogP contribution is 2.29. The van der Waals surface area contributed by atoms with Gasteiger partial charge >= 0.3 is 0 Å². The predicted octanol–water partition coefficient (Wildman–Crippen LogP) is 6.22. The number of nitrogens with zero attached hydrogens (tertiary/aromatic N) is 1. The van der Waals surface area contributed by atoms with Crippen LogP contribution in [0.4, 0.5) is 0 Å². The highest BCUT2D eigenvalue weighted by Gasteiger charge is 2.16. The summed E-state index contributed by atoms with van der Waals surface area (Å²) < 4.78 is 5.63. The lowest BCUT2D eigenvalue weighted by molar-refractivity contribution is -0.127. The molecule has 0 saturated carbocycles. The molecule has 0 aliphatic rings. The fourth-order valence-corrected chi connectivity index (χ4v) is 3.71. The van der Waals surface area contributed by atoms with Crippen molar-refractivity contribution >= 4 is 56.9 Å². The van der Waals surface area contributed by atoms with E-state index in [1.54, 1.807) is 31.3 Å². The van der Waals surface area contributed by atoms with E-state index in [-0.39, 0.29) is 5.91 Å². The number of ether oxygens (including phenoxy) is 1. The second-order valence-electron chi connectivity index (χ2n) is 6.80. The molecule has 4 aromatic rings. The van der Waals surface area contributed by atoms with Gasteiger partial charge in [0.25, 0.3) is 5.91 Å². The molecule has 1 amide bonds. The van der Waals surface area contributed by atoms with Crippen LogP contribution < -0.4 is 10.2 Å². The molecule has 0 spiro atoms. The maximum absolute atomic E-state index is 12.4. The van der Waals surface area contributed by atoms with Crippen molar-refractivity contribution in [3.8, 4) is 5.75 Å². The summed E-state index contributed by atoms with van der Waals surface area (Å²) in [4.78, 5) is 12.4. The Morgan fingerprint density at radius 1 is 0.967 bits per heavy atom. The van der Waals surface area contributed by atoms with Gasteiger partial charge in [0.2, 0.25) is 0 Å². The second kappa shape index (κ2) is 8.74. The normalized spacial score (nSPS) is 12.4. The van der Waals surface area contributed by atoms with E-state index in [9.17, 15) is 4.79 Å². The van der Waals surface area contributed by atoms with E-state index in [1.807, 2.05) is 36.4 Å². The third-order valence-corrected chi connectivity index (χ3v) is 5.28. The molecule has 0 aliphatic carbocycles. The molecular weight excluding hydrogens is 419 g/mol. The maximum Gasteiger partial charge on any atom is 0.280 e. The van der Waals surface area contributed by atoms with E-state index in [2.05, 4.69) is 28.7 Å². The zero-order valence-electron chi connectivity index (χ0n) is 16.1. The maximum atomic E-state index is 12.4. The summed E-state index contributed by atoms with van der Waals surface area (Å²) in [7, 11) is 0. The molecule has 0 bridgehead atoms. The average molecular weight is 437 g/mol. The summed E-state index contributed by atoms with van der Waals surface area (Å²) in [5.74, 6) is -0.00504.